The fourth-order valence-corrected chi connectivity index (χ4v) is 3.48. The van der Waals surface area contributed by atoms with Crippen molar-refractivity contribution in [2.75, 3.05) is 7.11 Å². The Kier molecular flexibility index (Phi) is 5.90. The highest BCUT2D eigenvalue weighted by molar-refractivity contribution is 7.99. The van der Waals surface area contributed by atoms with E-state index >= 15 is 0 Å². The fourth-order valence-electron chi connectivity index (χ4n) is 2.54. The maximum Gasteiger partial charge on any atom is 0.325 e. The van der Waals surface area contributed by atoms with Crippen molar-refractivity contribution >= 4 is 28.6 Å². The number of fused-ring (bicyclic) bond motifs is 1. The maximum absolute atomic E-state index is 12.9. The number of rotatable bonds is 7. The third kappa shape index (κ3) is 4.19. The van der Waals surface area contributed by atoms with E-state index in [9.17, 15) is 9.59 Å². The monoisotopic (exact) mass is 388 g/mol. The third-order valence-electron chi connectivity index (χ3n) is 3.93. The molecule has 1 unspecified atom stereocenters. The Balaban J connectivity index is 1.99. The average molecular weight is 388 g/mol. The van der Waals surface area contributed by atoms with Gasteiger partial charge in [-0.05, 0) is 25.5 Å². The van der Waals surface area contributed by atoms with Crippen molar-refractivity contribution in [3.05, 3.63) is 46.3 Å². The number of para-hydroxylation sites is 1. The molecule has 0 amide bonds. The van der Waals surface area contributed by atoms with Gasteiger partial charge in [0.2, 0.25) is 5.89 Å². The van der Waals surface area contributed by atoms with E-state index in [-0.39, 0.29) is 17.4 Å². The highest BCUT2D eigenvalue weighted by atomic mass is 32.2. The SMILES string of the molecule is CCCc1noc(C(C)Sc2nc3ccccc3c(=O)n2CC(=O)OC)n1. The first-order chi connectivity index (χ1) is 13.0. The summed E-state index contributed by atoms with van der Waals surface area (Å²) in [6.45, 7) is 3.71. The quantitative estimate of drug-likeness (QED) is 0.346. The van der Waals surface area contributed by atoms with Crippen molar-refractivity contribution in [3.63, 3.8) is 0 Å². The number of nitrogens with zero attached hydrogens (tertiary/aromatic N) is 4. The molecule has 1 aromatic carbocycles. The second-order valence-electron chi connectivity index (χ2n) is 5.94. The van der Waals surface area contributed by atoms with Crippen LogP contribution in [0.3, 0.4) is 0 Å². The molecular weight excluding hydrogens is 368 g/mol. The van der Waals surface area contributed by atoms with E-state index in [1.54, 1.807) is 18.2 Å². The van der Waals surface area contributed by atoms with Gasteiger partial charge in [0.15, 0.2) is 11.0 Å². The van der Waals surface area contributed by atoms with Crippen LogP contribution in [-0.4, -0.2) is 32.8 Å². The fraction of sp³-hybridized carbons (Fsp3) is 0.389. The summed E-state index contributed by atoms with van der Waals surface area (Å²) in [5.74, 6) is 0.584. The van der Waals surface area contributed by atoms with E-state index in [1.807, 2.05) is 19.9 Å². The van der Waals surface area contributed by atoms with Crippen LogP contribution in [0.2, 0.25) is 0 Å². The summed E-state index contributed by atoms with van der Waals surface area (Å²) in [4.78, 5) is 33.6. The molecular formula is C18H20N4O4S. The number of carbonyl (C=O) groups excluding carboxylic acids is 1. The van der Waals surface area contributed by atoms with Gasteiger partial charge in [-0.2, -0.15) is 4.98 Å². The Bertz CT molecular complexity index is 1010. The molecule has 0 aliphatic heterocycles. The van der Waals surface area contributed by atoms with Gasteiger partial charge in [-0.1, -0.05) is 36.0 Å². The van der Waals surface area contributed by atoms with Gasteiger partial charge in [0.25, 0.3) is 5.56 Å². The van der Waals surface area contributed by atoms with Crippen molar-refractivity contribution in [2.45, 2.75) is 43.6 Å². The predicted molar refractivity (Wildman–Crippen MR) is 101 cm³/mol. The number of carbonyl (C=O) groups is 1. The summed E-state index contributed by atoms with van der Waals surface area (Å²) < 4.78 is 11.4. The number of esters is 1. The molecule has 3 aromatic rings. The molecule has 0 fully saturated rings. The van der Waals surface area contributed by atoms with Crippen LogP contribution in [0.4, 0.5) is 0 Å². The van der Waals surface area contributed by atoms with E-state index in [0.717, 1.165) is 12.8 Å². The molecule has 0 saturated carbocycles. The lowest BCUT2D eigenvalue weighted by Gasteiger charge is -2.13. The van der Waals surface area contributed by atoms with Crippen molar-refractivity contribution in [3.8, 4) is 0 Å². The number of benzene rings is 1. The van der Waals surface area contributed by atoms with Crippen LogP contribution in [0.15, 0.2) is 38.7 Å². The molecule has 0 aliphatic carbocycles. The molecule has 3 rings (SSSR count). The largest absolute Gasteiger partial charge is 0.468 e. The first-order valence-corrected chi connectivity index (χ1v) is 9.47. The lowest BCUT2D eigenvalue weighted by Crippen LogP contribution is -2.27. The predicted octanol–water partition coefficient (Wildman–Crippen LogP) is 2.76. The highest BCUT2D eigenvalue weighted by Crippen LogP contribution is 2.33. The standard InChI is InChI=1S/C18H20N4O4S/c1-4-7-14-20-16(26-21-14)11(2)27-18-19-13-9-6-5-8-12(13)17(24)22(18)10-15(23)25-3/h5-6,8-9,11H,4,7,10H2,1-3H3. The molecule has 2 aromatic heterocycles. The Hall–Kier alpha value is -2.68. The first kappa shape index (κ1) is 19.1. The van der Waals surface area contributed by atoms with Gasteiger partial charge >= 0.3 is 5.97 Å². The number of hydrogen-bond donors (Lipinski definition) is 0. The zero-order chi connectivity index (χ0) is 19.4. The Morgan fingerprint density at radius 2 is 2.11 bits per heavy atom. The molecule has 0 bridgehead atoms. The summed E-state index contributed by atoms with van der Waals surface area (Å²) in [5, 5.41) is 4.56. The molecule has 0 aliphatic rings. The van der Waals surface area contributed by atoms with Gasteiger partial charge < -0.3 is 9.26 Å². The number of thioether (sulfide) groups is 1. The number of aryl methyl sites for hydroxylation is 1. The van der Waals surface area contributed by atoms with Crippen LogP contribution < -0.4 is 5.56 Å². The van der Waals surface area contributed by atoms with Gasteiger partial charge in [-0.15, -0.1) is 0 Å². The minimum absolute atomic E-state index is 0.215. The van der Waals surface area contributed by atoms with Crippen molar-refractivity contribution in [2.24, 2.45) is 0 Å². The van der Waals surface area contributed by atoms with Gasteiger partial charge in [-0.25, -0.2) is 4.98 Å². The number of hydrogen-bond acceptors (Lipinski definition) is 8. The van der Waals surface area contributed by atoms with Gasteiger partial charge in [-0.3, -0.25) is 14.2 Å². The van der Waals surface area contributed by atoms with E-state index in [0.29, 0.717) is 27.8 Å². The van der Waals surface area contributed by atoms with Crippen LogP contribution in [0.25, 0.3) is 10.9 Å². The Morgan fingerprint density at radius 3 is 2.85 bits per heavy atom. The zero-order valence-electron chi connectivity index (χ0n) is 15.3. The van der Waals surface area contributed by atoms with Crippen molar-refractivity contribution in [1.29, 1.82) is 0 Å². The van der Waals surface area contributed by atoms with Gasteiger partial charge in [0, 0.05) is 6.42 Å². The minimum atomic E-state index is -0.522. The van der Waals surface area contributed by atoms with Crippen molar-refractivity contribution in [1.82, 2.24) is 19.7 Å². The van der Waals surface area contributed by atoms with Gasteiger partial charge in [0.05, 0.1) is 23.3 Å². The normalized spacial score (nSPS) is 12.3. The van der Waals surface area contributed by atoms with E-state index < -0.39 is 5.97 Å². The van der Waals surface area contributed by atoms with Crippen LogP contribution >= 0.6 is 11.8 Å². The Labute approximate surface area is 159 Å². The lowest BCUT2D eigenvalue weighted by atomic mass is 10.2. The van der Waals surface area contributed by atoms with Crippen LogP contribution in [-0.2, 0) is 22.5 Å². The second-order valence-corrected chi connectivity index (χ2v) is 7.25. The van der Waals surface area contributed by atoms with Crippen LogP contribution in [0.1, 0.15) is 37.2 Å². The number of aromatic nitrogens is 4. The van der Waals surface area contributed by atoms with E-state index in [1.165, 1.54) is 23.4 Å². The second kappa shape index (κ2) is 8.34. The summed E-state index contributed by atoms with van der Waals surface area (Å²) in [6.07, 6.45) is 1.66. The molecule has 142 valence electrons. The molecule has 2 heterocycles. The van der Waals surface area contributed by atoms with E-state index in [4.69, 9.17) is 9.26 Å². The molecule has 0 spiro atoms. The highest BCUT2D eigenvalue weighted by Gasteiger charge is 2.21. The molecule has 0 N–H and O–H groups in total. The Morgan fingerprint density at radius 1 is 1.33 bits per heavy atom. The smallest absolute Gasteiger partial charge is 0.325 e. The summed E-state index contributed by atoms with van der Waals surface area (Å²) in [6, 6.07) is 7.02. The summed E-state index contributed by atoms with van der Waals surface area (Å²) >= 11 is 1.28. The summed E-state index contributed by atoms with van der Waals surface area (Å²) in [5.41, 5.74) is 0.272. The number of methoxy groups -OCH3 is 1. The number of ether oxygens (including phenoxy) is 1. The van der Waals surface area contributed by atoms with Gasteiger partial charge in [0.1, 0.15) is 6.54 Å². The average Bonchev–Trinajstić information content (AvgIpc) is 3.14. The van der Waals surface area contributed by atoms with E-state index in [2.05, 4.69) is 15.1 Å². The molecule has 1 atom stereocenters. The minimum Gasteiger partial charge on any atom is -0.468 e. The summed E-state index contributed by atoms with van der Waals surface area (Å²) in [7, 11) is 1.28. The first-order valence-electron chi connectivity index (χ1n) is 8.59. The molecule has 8 nitrogen and oxygen atoms in total. The lowest BCUT2D eigenvalue weighted by molar-refractivity contribution is -0.141. The topological polar surface area (TPSA) is 100 Å². The molecule has 27 heavy (non-hydrogen) atoms. The molecule has 0 radical (unpaired) electrons. The van der Waals surface area contributed by atoms with Crippen LogP contribution in [0, 0.1) is 0 Å². The third-order valence-corrected chi connectivity index (χ3v) is 5.01. The van der Waals surface area contributed by atoms with Crippen molar-refractivity contribution < 1.29 is 14.1 Å². The molecule has 0 saturated heterocycles. The van der Waals surface area contributed by atoms with Crippen LogP contribution in [0.5, 0.6) is 0 Å². The zero-order valence-corrected chi connectivity index (χ0v) is 16.2. The molecule has 9 heteroatoms. The maximum atomic E-state index is 12.9.